The number of hydrogen-bond donors (Lipinski definition) is 2. The fourth-order valence-electron chi connectivity index (χ4n) is 3.93. The summed E-state index contributed by atoms with van der Waals surface area (Å²) in [5.41, 5.74) is 13.5. The minimum atomic E-state index is -0.453. The van der Waals surface area contributed by atoms with Gasteiger partial charge in [0, 0.05) is 17.5 Å². The summed E-state index contributed by atoms with van der Waals surface area (Å²) in [6.07, 6.45) is 9.96. The van der Waals surface area contributed by atoms with E-state index >= 15 is 0 Å². The predicted molar refractivity (Wildman–Crippen MR) is 162 cm³/mol. The largest absolute Gasteiger partial charge is 0.494 e. The summed E-state index contributed by atoms with van der Waals surface area (Å²) in [4.78, 5) is 24.3. The van der Waals surface area contributed by atoms with Crippen LogP contribution in [0.5, 0.6) is 17.2 Å². The third kappa shape index (κ3) is 12.1. The summed E-state index contributed by atoms with van der Waals surface area (Å²) in [7, 11) is 0. The maximum absolute atomic E-state index is 12.2. The Hall–Kier alpha value is -4.46. The Bertz CT molecular complexity index is 1240. The molecule has 0 unspecified atom stereocenters. The van der Waals surface area contributed by atoms with Crippen molar-refractivity contribution in [3.8, 4) is 17.2 Å². The van der Waals surface area contributed by atoms with Crippen molar-refractivity contribution in [2.75, 3.05) is 31.3 Å². The van der Waals surface area contributed by atoms with Gasteiger partial charge in [-0.05, 0) is 98.3 Å². The zero-order chi connectivity index (χ0) is 29.3. The average Bonchev–Trinajstić information content (AvgIpc) is 2.96. The number of benzene rings is 3. The van der Waals surface area contributed by atoms with Crippen molar-refractivity contribution in [1.29, 1.82) is 0 Å². The number of rotatable bonds is 17. The molecule has 0 atom stereocenters. The zero-order valence-electron chi connectivity index (χ0n) is 23.7. The lowest BCUT2D eigenvalue weighted by molar-refractivity contribution is -0.128. The summed E-state index contributed by atoms with van der Waals surface area (Å²) in [6.45, 7) is 3.77. The second-order valence-electron chi connectivity index (χ2n) is 9.64. The first-order valence-electron chi connectivity index (χ1n) is 14.1. The number of ether oxygens (including phenoxy) is 4. The van der Waals surface area contributed by atoms with Gasteiger partial charge in [0.25, 0.3) is 0 Å². The predicted octanol–water partition coefficient (Wildman–Crippen LogP) is 6.84. The Morgan fingerprint density at radius 1 is 0.683 bits per heavy atom. The number of carbonyl (C=O) groups excluding carboxylic acids is 2. The smallest absolute Gasteiger partial charge is 0.338 e. The summed E-state index contributed by atoms with van der Waals surface area (Å²) in [6, 6.07) is 19.3. The van der Waals surface area contributed by atoms with E-state index in [-0.39, 0.29) is 0 Å². The van der Waals surface area contributed by atoms with E-state index in [2.05, 4.69) is 6.92 Å². The van der Waals surface area contributed by atoms with Gasteiger partial charge in [-0.2, -0.15) is 0 Å². The van der Waals surface area contributed by atoms with Crippen molar-refractivity contribution in [2.45, 2.75) is 51.9 Å². The van der Waals surface area contributed by atoms with Crippen LogP contribution in [0.2, 0.25) is 0 Å². The third-order valence-corrected chi connectivity index (χ3v) is 6.10. The number of carbonyl (C=O) groups is 2. The van der Waals surface area contributed by atoms with Gasteiger partial charge in [-0.25, -0.2) is 9.59 Å². The second kappa shape index (κ2) is 17.3. The molecule has 3 aromatic rings. The molecule has 0 spiro atoms. The van der Waals surface area contributed by atoms with Gasteiger partial charge in [0.1, 0.15) is 17.2 Å². The molecule has 0 aliphatic heterocycles. The van der Waals surface area contributed by atoms with Crippen LogP contribution in [0.3, 0.4) is 0 Å². The van der Waals surface area contributed by atoms with Crippen LogP contribution >= 0.6 is 0 Å². The van der Waals surface area contributed by atoms with Crippen LogP contribution in [-0.2, 0) is 9.53 Å². The number of nitrogen functional groups attached to an aromatic ring is 2. The molecule has 8 heteroatoms. The quantitative estimate of drug-likeness (QED) is 0.0605. The van der Waals surface area contributed by atoms with Crippen LogP contribution in [0.4, 0.5) is 11.4 Å². The third-order valence-electron chi connectivity index (χ3n) is 6.10. The Balaban J connectivity index is 1.26. The van der Waals surface area contributed by atoms with E-state index in [1.54, 1.807) is 48.5 Å². The molecule has 4 N–H and O–H groups in total. The van der Waals surface area contributed by atoms with Crippen molar-refractivity contribution in [2.24, 2.45) is 0 Å². The molecular formula is C33H40N2O6. The van der Waals surface area contributed by atoms with Crippen molar-refractivity contribution >= 4 is 29.4 Å². The fraction of sp³-hybridized carbons (Fsp3) is 0.333. The number of hydrogen-bond acceptors (Lipinski definition) is 8. The van der Waals surface area contributed by atoms with Crippen LogP contribution in [0.25, 0.3) is 6.08 Å². The molecule has 218 valence electrons. The van der Waals surface area contributed by atoms with Crippen LogP contribution < -0.4 is 25.7 Å². The molecular weight excluding hydrogens is 520 g/mol. The Morgan fingerprint density at radius 3 is 1.83 bits per heavy atom. The van der Waals surface area contributed by atoms with Gasteiger partial charge in [0.05, 0.1) is 25.4 Å². The number of anilines is 2. The standard InChI is InChI=1S/C33H40N2O6/c1-2-3-6-19-38-30-14-16-31(17-15-30)41-32(36)18-11-25-9-12-29(13-10-25)39-20-7-4-5-8-21-40-33(37)26-22-27(34)24-28(35)23-26/h9-18,22-24H,2-8,19-21,34-35H2,1H3. The lowest BCUT2D eigenvalue weighted by atomic mass is 10.2. The van der Waals surface area contributed by atoms with Crippen molar-refractivity contribution in [1.82, 2.24) is 0 Å². The van der Waals surface area contributed by atoms with Gasteiger partial charge in [-0.3, -0.25) is 0 Å². The minimum absolute atomic E-state index is 0.345. The topological polar surface area (TPSA) is 123 Å². The molecule has 0 bridgehead atoms. The highest BCUT2D eigenvalue weighted by Crippen LogP contribution is 2.19. The molecule has 0 heterocycles. The van der Waals surface area contributed by atoms with E-state index in [4.69, 9.17) is 30.4 Å². The Morgan fingerprint density at radius 2 is 1.22 bits per heavy atom. The molecule has 3 rings (SSSR count). The van der Waals surface area contributed by atoms with E-state index in [0.29, 0.717) is 42.5 Å². The molecule has 41 heavy (non-hydrogen) atoms. The summed E-state index contributed by atoms with van der Waals surface area (Å²) < 4.78 is 22.1. The van der Waals surface area contributed by atoms with Crippen LogP contribution in [0.15, 0.2) is 72.8 Å². The fourth-order valence-corrected chi connectivity index (χ4v) is 3.93. The van der Waals surface area contributed by atoms with E-state index in [0.717, 1.165) is 62.0 Å². The van der Waals surface area contributed by atoms with Gasteiger partial charge >= 0.3 is 11.9 Å². The molecule has 3 aromatic carbocycles. The monoisotopic (exact) mass is 560 g/mol. The molecule has 0 fully saturated rings. The summed E-state index contributed by atoms with van der Waals surface area (Å²) >= 11 is 0. The van der Waals surface area contributed by atoms with Gasteiger partial charge in [0.15, 0.2) is 0 Å². The Kier molecular flexibility index (Phi) is 13.1. The zero-order valence-corrected chi connectivity index (χ0v) is 23.7. The molecule has 8 nitrogen and oxygen atoms in total. The summed E-state index contributed by atoms with van der Waals surface area (Å²) in [5, 5.41) is 0. The van der Waals surface area contributed by atoms with E-state index in [9.17, 15) is 9.59 Å². The van der Waals surface area contributed by atoms with Crippen molar-refractivity contribution in [3.63, 3.8) is 0 Å². The van der Waals surface area contributed by atoms with E-state index in [1.165, 1.54) is 6.08 Å². The average molecular weight is 561 g/mol. The lowest BCUT2D eigenvalue weighted by Crippen LogP contribution is -2.08. The molecule has 0 aromatic heterocycles. The highest BCUT2D eigenvalue weighted by Gasteiger charge is 2.08. The molecule has 0 saturated carbocycles. The second-order valence-corrected chi connectivity index (χ2v) is 9.64. The molecule has 0 radical (unpaired) electrons. The van der Waals surface area contributed by atoms with Gasteiger partial charge < -0.3 is 30.4 Å². The Labute approximate surface area is 242 Å². The molecule has 0 saturated heterocycles. The van der Waals surface area contributed by atoms with Gasteiger partial charge in [-0.15, -0.1) is 0 Å². The summed E-state index contributed by atoms with van der Waals surface area (Å²) in [5.74, 6) is 1.12. The SMILES string of the molecule is CCCCCOc1ccc(OC(=O)C=Cc2ccc(OCCCCCCOC(=O)c3cc(N)cc(N)c3)cc2)cc1. The highest BCUT2D eigenvalue weighted by atomic mass is 16.5. The van der Waals surface area contributed by atoms with Crippen LogP contribution in [0, 0.1) is 0 Å². The highest BCUT2D eigenvalue weighted by molar-refractivity contribution is 5.91. The van der Waals surface area contributed by atoms with Crippen LogP contribution in [-0.4, -0.2) is 31.8 Å². The maximum atomic E-state index is 12.2. The first kappa shape index (κ1) is 31.1. The molecule has 0 aliphatic carbocycles. The van der Waals surface area contributed by atoms with E-state index < -0.39 is 11.9 Å². The van der Waals surface area contributed by atoms with Crippen molar-refractivity contribution in [3.05, 3.63) is 83.9 Å². The van der Waals surface area contributed by atoms with Gasteiger partial charge in [-0.1, -0.05) is 31.9 Å². The molecule has 0 aliphatic rings. The lowest BCUT2D eigenvalue weighted by Gasteiger charge is -2.08. The van der Waals surface area contributed by atoms with Crippen molar-refractivity contribution < 1.29 is 28.5 Å². The normalized spacial score (nSPS) is 10.9. The van der Waals surface area contributed by atoms with Crippen LogP contribution in [0.1, 0.15) is 67.8 Å². The maximum Gasteiger partial charge on any atom is 0.338 e. The minimum Gasteiger partial charge on any atom is -0.494 e. The molecule has 0 amide bonds. The number of esters is 2. The first-order valence-corrected chi connectivity index (χ1v) is 14.1. The van der Waals surface area contributed by atoms with Gasteiger partial charge in [0.2, 0.25) is 0 Å². The number of nitrogens with two attached hydrogens (primary N) is 2. The number of unbranched alkanes of at least 4 members (excludes halogenated alkanes) is 5. The first-order chi connectivity index (χ1) is 19.9. The van der Waals surface area contributed by atoms with E-state index in [1.807, 2.05) is 24.3 Å².